The second-order valence-electron chi connectivity index (χ2n) is 6.89. The van der Waals surface area contributed by atoms with Gasteiger partial charge in [-0.3, -0.25) is 19.3 Å². The molecule has 1 unspecified atom stereocenters. The number of piperazine rings is 2. The number of nitrogens with zero attached hydrogens (tertiary/aromatic N) is 3. The van der Waals surface area contributed by atoms with E-state index in [0.29, 0.717) is 44.0 Å². The Kier molecular flexibility index (Phi) is 5.95. The number of benzene rings is 1. The van der Waals surface area contributed by atoms with Gasteiger partial charge in [0.25, 0.3) is 5.91 Å². The van der Waals surface area contributed by atoms with E-state index in [0.717, 1.165) is 6.54 Å². The summed E-state index contributed by atoms with van der Waals surface area (Å²) in [6.07, 6.45) is 0.175. The average molecular weight is 374 g/mol. The van der Waals surface area contributed by atoms with Gasteiger partial charge in [-0.25, -0.2) is 0 Å². The highest BCUT2D eigenvalue weighted by molar-refractivity contribution is 5.94. The molecule has 2 aliphatic rings. The van der Waals surface area contributed by atoms with Crippen LogP contribution in [0.4, 0.5) is 0 Å². The molecule has 2 aliphatic heterocycles. The first kappa shape index (κ1) is 19.2. The summed E-state index contributed by atoms with van der Waals surface area (Å²) in [7, 11) is 3.45. The van der Waals surface area contributed by atoms with Gasteiger partial charge in [-0.1, -0.05) is 0 Å². The normalized spacial score (nSPS) is 21.0. The highest BCUT2D eigenvalue weighted by Crippen LogP contribution is 2.15. The van der Waals surface area contributed by atoms with E-state index in [1.54, 1.807) is 41.2 Å². The number of ether oxygens (including phenoxy) is 1. The molecule has 0 bridgehead atoms. The van der Waals surface area contributed by atoms with Crippen LogP contribution < -0.4 is 10.1 Å². The molecule has 0 aliphatic carbocycles. The molecule has 0 saturated carbocycles. The number of hydrogen-bond acceptors (Lipinski definition) is 5. The van der Waals surface area contributed by atoms with Gasteiger partial charge in [-0.05, 0) is 31.3 Å². The fourth-order valence-electron chi connectivity index (χ4n) is 3.45. The molecule has 3 rings (SSSR count). The molecule has 1 aromatic carbocycles. The van der Waals surface area contributed by atoms with E-state index in [1.165, 1.54) is 0 Å². The highest BCUT2D eigenvalue weighted by Gasteiger charge is 2.32. The van der Waals surface area contributed by atoms with E-state index in [-0.39, 0.29) is 24.1 Å². The molecule has 2 heterocycles. The van der Waals surface area contributed by atoms with Gasteiger partial charge in [0.2, 0.25) is 11.8 Å². The van der Waals surface area contributed by atoms with E-state index >= 15 is 0 Å². The summed E-state index contributed by atoms with van der Waals surface area (Å²) in [5.41, 5.74) is 0.607. The van der Waals surface area contributed by atoms with Gasteiger partial charge in [0.05, 0.1) is 19.6 Å². The van der Waals surface area contributed by atoms with Crippen LogP contribution in [0.2, 0.25) is 0 Å². The summed E-state index contributed by atoms with van der Waals surface area (Å²) >= 11 is 0. The molecular formula is C19H26N4O4. The summed E-state index contributed by atoms with van der Waals surface area (Å²) in [6.45, 7) is 3.31. The topological polar surface area (TPSA) is 82.2 Å². The van der Waals surface area contributed by atoms with Gasteiger partial charge in [0.15, 0.2) is 0 Å². The van der Waals surface area contributed by atoms with Crippen LogP contribution in [0.5, 0.6) is 5.75 Å². The summed E-state index contributed by atoms with van der Waals surface area (Å²) in [5.74, 6) is 0.528. The Balaban J connectivity index is 1.52. The summed E-state index contributed by atoms with van der Waals surface area (Å²) in [6, 6.07) is 6.61. The molecule has 0 radical (unpaired) electrons. The Hall–Kier alpha value is -2.61. The van der Waals surface area contributed by atoms with Gasteiger partial charge in [-0.15, -0.1) is 0 Å². The third-order valence-corrected chi connectivity index (χ3v) is 5.22. The number of carbonyl (C=O) groups is 3. The van der Waals surface area contributed by atoms with Crippen LogP contribution in [-0.2, 0) is 9.59 Å². The smallest absolute Gasteiger partial charge is 0.253 e. The molecule has 2 fully saturated rings. The highest BCUT2D eigenvalue weighted by atomic mass is 16.5. The average Bonchev–Trinajstić information content (AvgIpc) is 2.70. The molecule has 0 aromatic heterocycles. The van der Waals surface area contributed by atoms with Crippen LogP contribution in [0.3, 0.4) is 0 Å². The Morgan fingerprint density at radius 1 is 1.07 bits per heavy atom. The maximum Gasteiger partial charge on any atom is 0.253 e. The van der Waals surface area contributed by atoms with Gasteiger partial charge in [-0.2, -0.15) is 0 Å². The van der Waals surface area contributed by atoms with Crippen molar-refractivity contribution in [2.45, 2.75) is 12.5 Å². The predicted octanol–water partition coefficient (Wildman–Crippen LogP) is -0.200. The van der Waals surface area contributed by atoms with Crippen molar-refractivity contribution < 1.29 is 19.1 Å². The lowest BCUT2D eigenvalue weighted by molar-refractivity contribution is -0.139. The molecule has 8 heteroatoms. The summed E-state index contributed by atoms with van der Waals surface area (Å²) < 4.78 is 5.11. The third-order valence-electron chi connectivity index (χ3n) is 5.22. The van der Waals surface area contributed by atoms with Gasteiger partial charge in [0, 0.05) is 44.8 Å². The quantitative estimate of drug-likeness (QED) is 0.789. The lowest BCUT2D eigenvalue weighted by Crippen LogP contribution is -2.56. The Morgan fingerprint density at radius 3 is 2.30 bits per heavy atom. The minimum Gasteiger partial charge on any atom is -0.497 e. The van der Waals surface area contributed by atoms with Crippen LogP contribution >= 0.6 is 0 Å². The second-order valence-corrected chi connectivity index (χ2v) is 6.89. The Bertz CT molecular complexity index is 698. The number of nitrogens with one attached hydrogen (secondary N) is 1. The molecular weight excluding hydrogens is 348 g/mol. The second kappa shape index (κ2) is 8.39. The first-order valence-corrected chi connectivity index (χ1v) is 9.18. The Labute approximate surface area is 159 Å². The Morgan fingerprint density at radius 2 is 1.70 bits per heavy atom. The van der Waals surface area contributed by atoms with Crippen LogP contribution in [0.15, 0.2) is 24.3 Å². The largest absolute Gasteiger partial charge is 0.497 e. The van der Waals surface area contributed by atoms with E-state index < -0.39 is 6.04 Å². The molecule has 1 atom stereocenters. The van der Waals surface area contributed by atoms with E-state index in [4.69, 9.17) is 4.74 Å². The van der Waals surface area contributed by atoms with Crippen molar-refractivity contribution in [2.75, 3.05) is 53.4 Å². The van der Waals surface area contributed by atoms with Crippen LogP contribution in [0.25, 0.3) is 0 Å². The molecule has 8 nitrogen and oxygen atoms in total. The third kappa shape index (κ3) is 4.39. The van der Waals surface area contributed by atoms with Crippen molar-refractivity contribution >= 4 is 17.7 Å². The zero-order valence-corrected chi connectivity index (χ0v) is 15.8. The molecule has 1 aromatic rings. The number of rotatable bonds is 4. The van der Waals surface area contributed by atoms with E-state index in [2.05, 4.69) is 5.32 Å². The van der Waals surface area contributed by atoms with Gasteiger partial charge >= 0.3 is 0 Å². The minimum atomic E-state index is -0.412. The number of amides is 3. The fourth-order valence-corrected chi connectivity index (χ4v) is 3.45. The number of methoxy groups -OCH3 is 1. The van der Waals surface area contributed by atoms with Crippen LogP contribution in [0.1, 0.15) is 16.8 Å². The molecule has 27 heavy (non-hydrogen) atoms. The summed E-state index contributed by atoms with van der Waals surface area (Å²) in [5, 5.41) is 2.81. The summed E-state index contributed by atoms with van der Waals surface area (Å²) in [4.78, 5) is 42.6. The molecule has 0 spiro atoms. The van der Waals surface area contributed by atoms with Crippen molar-refractivity contribution in [1.82, 2.24) is 20.0 Å². The lowest BCUT2D eigenvalue weighted by atomic mass is 10.1. The van der Waals surface area contributed by atoms with Gasteiger partial charge in [0.1, 0.15) is 5.75 Å². The fraction of sp³-hybridized carbons (Fsp3) is 0.526. The first-order valence-electron chi connectivity index (χ1n) is 9.18. The number of carbonyl (C=O) groups excluding carboxylic acids is 3. The van der Waals surface area contributed by atoms with Crippen molar-refractivity contribution in [3.63, 3.8) is 0 Å². The van der Waals surface area contributed by atoms with E-state index in [1.807, 2.05) is 11.9 Å². The molecule has 146 valence electrons. The van der Waals surface area contributed by atoms with Crippen molar-refractivity contribution in [2.24, 2.45) is 0 Å². The zero-order chi connectivity index (χ0) is 19.4. The van der Waals surface area contributed by atoms with Crippen LogP contribution in [0, 0.1) is 0 Å². The first-order chi connectivity index (χ1) is 13.0. The van der Waals surface area contributed by atoms with Crippen LogP contribution in [-0.4, -0.2) is 91.9 Å². The minimum absolute atomic E-state index is 0.0413. The monoisotopic (exact) mass is 374 g/mol. The maximum atomic E-state index is 12.6. The maximum absolute atomic E-state index is 12.6. The lowest BCUT2D eigenvalue weighted by Gasteiger charge is -2.37. The van der Waals surface area contributed by atoms with Crippen molar-refractivity contribution in [1.29, 1.82) is 0 Å². The van der Waals surface area contributed by atoms with E-state index in [9.17, 15) is 14.4 Å². The number of likely N-dealkylation sites (N-methyl/N-ethyl adjacent to an activating group) is 1. The molecule has 3 amide bonds. The van der Waals surface area contributed by atoms with Crippen molar-refractivity contribution in [3.05, 3.63) is 29.8 Å². The molecule has 1 N–H and O–H groups in total. The number of hydrogen-bond donors (Lipinski definition) is 1. The van der Waals surface area contributed by atoms with Crippen molar-refractivity contribution in [3.8, 4) is 5.75 Å². The molecule has 2 saturated heterocycles. The zero-order valence-electron chi connectivity index (χ0n) is 15.8. The van der Waals surface area contributed by atoms with Gasteiger partial charge < -0.3 is 19.9 Å². The SMILES string of the molecule is COc1ccc(C(=O)N2CCN(C(=O)CC3C(=O)NCCN3C)CC2)cc1. The predicted molar refractivity (Wildman–Crippen MR) is 99.5 cm³/mol. The standard InChI is InChI=1S/C19H26N4O4/c1-21-8-7-20-18(25)16(21)13-17(24)22-9-11-23(12-10-22)19(26)14-3-5-15(27-2)6-4-14/h3-6,16H,7-13H2,1-2H3,(H,20,25).